The molecule has 1 aliphatic heterocycles. The summed E-state index contributed by atoms with van der Waals surface area (Å²) < 4.78 is 57.1. The van der Waals surface area contributed by atoms with E-state index in [0.717, 1.165) is 24.0 Å². The molecule has 0 N–H and O–H groups in total. The largest absolute Gasteiger partial charge is 0.477 e. The molecule has 0 saturated carbocycles. The highest BCUT2D eigenvalue weighted by Crippen LogP contribution is 2.53. The molecule has 0 amide bonds. The summed E-state index contributed by atoms with van der Waals surface area (Å²) in [7, 11) is -4.10. The summed E-state index contributed by atoms with van der Waals surface area (Å²) in [5.41, 5.74) is 1.07. The molecule has 0 radical (unpaired) electrons. The maximum atomic E-state index is 14.0. The minimum Gasteiger partial charge on any atom is -0.454 e. The van der Waals surface area contributed by atoms with E-state index in [9.17, 15) is 9.36 Å². The van der Waals surface area contributed by atoms with Gasteiger partial charge in [0.15, 0.2) is 6.10 Å². The second kappa shape index (κ2) is 18.1. The van der Waals surface area contributed by atoms with Crippen molar-refractivity contribution in [1.82, 2.24) is 0 Å². The molecule has 1 heterocycles. The van der Waals surface area contributed by atoms with Crippen molar-refractivity contribution in [2.24, 2.45) is 5.41 Å². The number of unbranched alkanes of at least 4 members (excludes halogenated alkanes) is 2. The molecule has 246 valence electrons. The van der Waals surface area contributed by atoms with Crippen LogP contribution in [0.4, 0.5) is 0 Å². The fraction of sp³-hybridized carbons (Fsp3) is 0.618. The predicted octanol–water partition coefficient (Wildman–Crippen LogP) is 8.01. The van der Waals surface area contributed by atoms with Crippen molar-refractivity contribution in [2.75, 3.05) is 13.2 Å². The van der Waals surface area contributed by atoms with Gasteiger partial charge < -0.3 is 18.9 Å². The minimum atomic E-state index is -4.10. The standard InChI is InChI=1S/C34H51O9P/c1-7-10-22-39-44(36,40-23-11-8-2)43-32-31(42-33(35)34(4,5)6)30(38-25-27-20-16-13-17-21-27)29(28(9-3)41-32)37-24-26-18-14-12-15-19-26/h12-21,28-32H,7-11,22-25H2,1-6H3/t28?,29-,30+,31?,32+/m1/s1. The Balaban J connectivity index is 1.99. The van der Waals surface area contributed by atoms with E-state index in [4.69, 9.17) is 32.5 Å². The fourth-order valence-electron chi connectivity index (χ4n) is 4.51. The number of carbonyl (C=O) groups is 1. The van der Waals surface area contributed by atoms with Crippen molar-refractivity contribution in [3.63, 3.8) is 0 Å². The summed E-state index contributed by atoms with van der Waals surface area (Å²) in [6.45, 7) is 12.2. The van der Waals surface area contributed by atoms with Gasteiger partial charge in [-0.05, 0) is 51.2 Å². The van der Waals surface area contributed by atoms with Crippen molar-refractivity contribution in [2.45, 2.75) is 118 Å². The molecule has 0 aromatic heterocycles. The lowest BCUT2D eigenvalue weighted by atomic mass is 9.94. The van der Waals surface area contributed by atoms with Gasteiger partial charge in [0.2, 0.25) is 6.29 Å². The molecule has 5 atom stereocenters. The lowest BCUT2D eigenvalue weighted by molar-refractivity contribution is -0.301. The van der Waals surface area contributed by atoms with Crippen LogP contribution in [0, 0.1) is 5.41 Å². The summed E-state index contributed by atoms with van der Waals surface area (Å²) in [5.74, 6) is -0.488. The fourth-order valence-corrected chi connectivity index (χ4v) is 5.83. The van der Waals surface area contributed by atoms with Gasteiger partial charge >= 0.3 is 13.8 Å². The third-order valence-corrected chi connectivity index (χ3v) is 8.61. The van der Waals surface area contributed by atoms with Crippen LogP contribution < -0.4 is 0 Å². The monoisotopic (exact) mass is 634 g/mol. The summed E-state index contributed by atoms with van der Waals surface area (Å²) in [6.07, 6.45) is -0.858. The lowest BCUT2D eigenvalue weighted by Crippen LogP contribution is -2.61. The molecule has 1 fully saturated rings. The van der Waals surface area contributed by atoms with Crippen LogP contribution in [-0.4, -0.2) is 49.9 Å². The average molecular weight is 635 g/mol. The van der Waals surface area contributed by atoms with Gasteiger partial charge in [0.1, 0.15) is 12.2 Å². The SMILES string of the molecule is CCCCOP(=O)(OCCCC)O[C@@H]1OC(CC)[C@@H](OCc2ccccc2)[C@H](OCc2ccccc2)C1OC(=O)C(C)(C)C. The van der Waals surface area contributed by atoms with E-state index in [0.29, 0.717) is 25.9 Å². The van der Waals surface area contributed by atoms with Gasteiger partial charge in [0, 0.05) is 0 Å². The Bertz CT molecular complexity index is 1120. The van der Waals surface area contributed by atoms with Gasteiger partial charge in [-0.2, -0.15) is 0 Å². The van der Waals surface area contributed by atoms with E-state index in [-0.39, 0.29) is 19.8 Å². The number of rotatable bonds is 18. The topological polar surface area (TPSA) is 98.8 Å². The number of ether oxygens (including phenoxy) is 4. The van der Waals surface area contributed by atoms with Crippen molar-refractivity contribution in [1.29, 1.82) is 0 Å². The van der Waals surface area contributed by atoms with Crippen molar-refractivity contribution >= 4 is 13.8 Å². The van der Waals surface area contributed by atoms with Crippen LogP contribution in [0.5, 0.6) is 0 Å². The number of hydrogen-bond acceptors (Lipinski definition) is 9. The van der Waals surface area contributed by atoms with E-state index in [1.54, 1.807) is 20.8 Å². The summed E-state index contributed by atoms with van der Waals surface area (Å²) in [5, 5.41) is 0. The Morgan fingerprint density at radius 1 is 0.773 bits per heavy atom. The zero-order valence-corrected chi connectivity index (χ0v) is 28.0. The molecule has 2 aromatic rings. The van der Waals surface area contributed by atoms with Crippen molar-refractivity contribution in [3.8, 4) is 0 Å². The first-order chi connectivity index (χ1) is 21.1. The molecule has 44 heavy (non-hydrogen) atoms. The van der Waals surface area contributed by atoms with Gasteiger partial charge in [0.05, 0.1) is 37.9 Å². The third kappa shape index (κ3) is 11.4. The molecule has 9 nitrogen and oxygen atoms in total. The molecular weight excluding hydrogens is 583 g/mol. The summed E-state index contributed by atoms with van der Waals surface area (Å²) in [4.78, 5) is 13.4. The molecule has 0 bridgehead atoms. The van der Waals surface area contributed by atoms with Crippen LogP contribution in [0.1, 0.15) is 84.8 Å². The van der Waals surface area contributed by atoms with Crippen LogP contribution in [0.3, 0.4) is 0 Å². The van der Waals surface area contributed by atoms with Gasteiger partial charge in [-0.3, -0.25) is 18.4 Å². The van der Waals surface area contributed by atoms with Gasteiger partial charge in [-0.1, -0.05) is 94.3 Å². The number of phosphoric acid groups is 1. The number of esters is 1. The highest BCUT2D eigenvalue weighted by Gasteiger charge is 2.53. The first-order valence-corrected chi connectivity index (χ1v) is 17.3. The Morgan fingerprint density at radius 2 is 1.27 bits per heavy atom. The van der Waals surface area contributed by atoms with E-state index in [1.807, 2.05) is 81.4 Å². The van der Waals surface area contributed by atoms with E-state index >= 15 is 0 Å². The molecule has 0 aliphatic carbocycles. The Kier molecular flexibility index (Phi) is 15.0. The molecule has 0 spiro atoms. The van der Waals surface area contributed by atoms with Crippen LogP contribution in [-0.2, 0) is 55.1 Å². The molecule has 3 rings (SSSR count). The van der Waals surface area contributed by atoms with Crippen LogP contribution in [0.2, 0.25) is 0 Å². The molecule has 10 heteroatoms. The second-order valence-corrected chi connectivity index (χ2v) is 13.6. The first kappa shape index (κ1) is 36.4. The Hall–Kier alpha value is -2.10. The predicted molar refractivity (Wildman–Crippen MR) is 169 cm³/mol. The normalized spacial score (nSPS) is 22.5. The smallest absolute Gasteiger partial charge is 0.454 e. The van der Waals surface area contributed by atoms with Crippen molar-refractivity contribution < 1.29 is 41.9 Å². The van der Waals surface area contributed by atoms with Crippen LogP contribution in [0.25, 0.3) is 0 Å². The number of hydrogen-bond donors (Lipinski definition) is 0. The quantitative estimate of drug-likeness (QED) is 0.0917. The summed E-state index contributed by atoms with van der Waals surface area (Å²) >= 11 is 0. The van der Waals surface area contributed by atoms with Gasteiger partial charge in [-0.25, -0.2) is 4.57 Å². The van der Waals surface area contributed by atoms with Gasteiger partial charge in [-0.15, -0.1) is 0 Å². The van der Waals surface area contributed by atoms with E-state index in [2.05, 4.69) is 0 Å². The Labute approximate surface area is 263 Å². The number of benzene rings is 2. The molecular formula is C34H51O9P. The molecule has 2 unspecified atom stereocenters. The lowest BCUT2D eigenvalue weighted by Gasteiger charge is -2.46. The maximum Gasteiger partial charge on any atom is 0.477 e. The summed E-state index contributed by atoms with van der Waals surface area (Å²) in [6, 6.07) is 19.5. The Morgan fingerprint density at radius 3 is 1.73 bits per heavy atom. The van der Waals surface area contributed by atoms with Crippen LogP contribution in [0.15, 0.2) is 60.7 Å². The second-order valence-electron chi connectivity index (χ2n) is 12.0. The zero-order valence-electron chi connectivity index (χ0n) is 27.1. The number of carbonyl (C=O) groups excluding carboxylic acids is 1. The minimum absolute atomic E-state index is 0.188. The van der Waals surface area contributed by atoms with E-state index in [1.165, 1.54) is 0 Å². The molecule has 2 aromatic carbocycles. The average Bonchev–Trinajstić information content (AvgIpc) is 3.01. The number of phosphoric ester groups is 1. The highest BCUT2D eigenvalue weighted by molar-refractivity contribution is 7.48. The highest BCUT2D eigenvalue weighted by atomic mass is 31.2. The maximum absolute atomic E-state index is 14.0. The first-order valence-electron chi connectivity index (χ1n) is 15.8. The van der Waals surface area contributed by atoms with Crippen LogP contribution >= 0.6 is 7.82 Å². The van der Waals surface area contributed by atoms with Crippen molar-refractivity contribution in [3.05, 3.63) is 71.8 Å². The zero-order chi connectivity index (χ0) is 32.0. The van der Waals surface area contributed by atoms with Gasteiger partial charge in [0.25, 0.3) is 0 Å². The molecule has 1 saturated heterocycles. The third-order valence-electron chi connectivity index (χ3n) is 7.15. The molecule has 1 aliphatic rings. The van der Waals surface area contributed by atoms with E-state index < -0.39 is 49.9 Å².